The van der Waals surface area contributed by atoms with E-state index < -0.39 is 0 Å². The monoisotopic (exact) mass is 297 g/mol. The first kappa shape index (κ1) is 16.4. The van der Waals surface area contributed by atoms with Gasteiger partial charge in [0, 0.05) is 31.5 Å². The maximum atomic E-state index is 12.0. The molecule has 96 valence electrons. The van der Waals surface area contributed by atoms with Gasteiger partial charge in [-0.3, -0.25) is 9.78 Å². The van der Waals surface area contributed by atoms with Crippen LogP contribution in [0.25, 0.3) is 0 Å². The third kappa shape index (κ3) is 3.71. The Kier molecular flexibility index (Phi) is 6.78. The quantitative estimate of drug-likeness (QED) is 0.859. The highest BCUT2D eigenvalue weighted by Gasteiger charge is 2.25. The SMILES string of the molecule is Cl.Cl.N[C@@H]1CCN(C(=O)c2ccncc2Cl)C1. The average Bonchev–Trinajstić information content (AvgIpc) is 2.65. The molecule has 0 aliphatic carbocycles. The van der Waals surface area contributed by atoms with Gasteiger partial charge < -0.3 is 10.6 Å². The van der Waals surface area contributed by atoms with Crippen molar-refractivity contribution in [1.29, 1.82) is 0 Å². The molecule has 1 atom stereocenters. The summed E-state index contributed by atoms with van der Waals surface area (Å²) in [5.74, 6) is -0.0599. The van der Waals surface area contributed by atoms with Crippen LogP contribution in [0.15, 0.2) is 18.5 Å². The zero-order valence-corrected chi connectivity index (χ0v) is 11.4. The van der Waals surface area contributed by atoms with Crippen LogP contribution < -0.4 is 5.73 Å². The highest BCUT2D eigenvalue weighted by molar-refractivity contribution is 6.33. The largest absolute Gasteiger partial charge is 0.337 e. The minimum absolute atomic E-state index is 0. The van der Waals surface area contributed by atoms with Crippen molar-refractivity contribution in [2.75, 3.05) is 13.1 Å². The lowest BCUT2D eigenvalue weighted by Gasteiger charge is -2.16. The molecule has 1 aliphatic heterocycles. The molecule has 0 radical (unpaired) electrons. The van der Waals surface area contributed by atoms with Gasteiger partial charge in [-0.2, -0.15) is 0 Å². The van der Waals surface area contributed by atoms with Crippen molar-refractivity contribution in [3.05, 3.63) is 29.0 Å². The van der Waals surface area contributed by atoms with Gasteiger partial charge >= 0.3 is 0 Å². The molecular weight excluding hydrogens is 284 g/mol. The molecule has 2 heterocycles. The van der Waals surface area contributed by atoms with Crippen LogP contribution in [0.2, 0.25) is 5.02 Å². The van der Waals surface area contributed by atoms with E-state index in [9.17, 15) is 4.79 Å². The molecule has 1 saturated heterocycles. The summed E-state index contributed by atoms with van der Waals surface area (Å²) in [7, 11) is 0. The van der Waals surface area contributed by atoms with Crippen molar-refractivity contribution >= 4 is 42.3 Å². The van der Waals surface area contributed by atoms with Crippen LogP contribution >= 0.6 is 36.4 Å². The van der Waals surface area contributed by atoms with Crippen LogP contribution in [0, 0.1) is 0 Å². The van der Waals surface area contributed by atoms with Gasteiger partial charge in [0.2, 0.25) is 0 Å². The number of amides is 1. The Hall–Kier alpha value is -0.550. The molecule has 2 N–H and O–H groups in total. The summed E-state index contributed by atoms with van der Waals surface area (Å²) in [5, 5.41) is 0.392. The number of likely N-dealkylation sites (tertiary alicyclic amines) is 1. The minimum atomic E-state index is -0.0599. The second kappa shape index (κ2) is 7.01. The van der Waals surface area contributed by atoms with Gasteiger partial charge in [-0.25, -0.2) is 0 Å². The molecule has 1 aromatic heterocycles. The molecule has 17 heavy (non-hydrogen) atoms. The Morgan fingerprint density at radius 1 is 1.53 bits per heavy atom. The van der Waals surface area contributed by atoms with Gasteiger partial charge in [0.15, 0.2) is 0 Å². The first-order valence-corrected chi connectivity index (χ1v) is 5.20. The van der Waals surface area contributed by atoms with Crippen LogP contribution in [0.3, 0.4) is 0 Å². The van der Waals surface area contributed by atoms with Crippen molar-refractivity contribution < 1.29 is 4.79 Å². The summed E-state index contributed by atoms with van der Waals surface area (Å²) in [6.07, 6.45) is 3.90. The van der Waals surface area contributed by atoms with E-state index in [1.54, 1.807) is 17.2 Å². The molecule has 0 aromatic carbocycles. The lowest BCUT2D eigenvalue weighted by molar-refractivity contribution is 0.0791. The predicted molar refractivity (Wildman–Crippen MR) is 72.2 cm³/mol. The Balaban J connectivity index is 0.00000128. The predicted octanol–water partition coefficient (Wildman–Crippen LogP) is 1.75. The second-order valence-corrected chi connectivity index (χ2v) is 4.06. The summed E-state index contributed by atoms with van der Waals surface area (Å²) in [5.41, 5.74) is 6.24. The normalized spacial score (nSPS) is 18.2. The first-order valence-electron chi connectivity index (χ1n) is 4.83. The van der Waals surface area contributed by atoms with E-state index in [0.717, 1.165) is 6.42 Å². The van der Waals surface area contributed by atoms with E-state index in [1.165, 1.54) is 6.20 Å². The van der Waals surface area contributed by atoms with Crippen molar-refractivity contribution in [1.82, 2.24) is 9.88 Å². The van der Waals surface area contributed by atoms with E-state index >= 15 is 0 Å². The number of pyridine rings is 1. The first-order chi connectivity index (χ1) is 7.18. The van der Waals surface area contributed by atoms with E-state index in [1.807, 2.05) is 0 Å². The molecule has 0 unspecified atom stereocenters. The van der Waals surface area contributed by atoms with Crippen molar-refractivity contribution in [3.63, 3.8) is 0 Å². The Labute approximate surface area is 117 Å². The third-order valence-electron chi connectivity index (χ3n) is 2.51. The molecule has 7 heteroatoms. The van der Waals surface area contributed by atoms with Gasteiger partial charge in [-0.05, 0) is 12.5 Å². The van der Waals surface area contributed by atoms with Gasteiger partial charge in [0.05, 0.1) is 10.6 Å². The number of carbonyl (C=O) groups is 1. The Morgan fingerprint density at radius 2 is 2.24 bits per heavy atom. The average molecular weight is 299 g/mol. The second-order valence-electron chi connectivity index (χ2n) is 3.66. The molecule has 1 aromatic rings. The molecule has 0 saturated carbocycles. The standard InChI is InChI=1S/C10H12ClN3O.2ClH/c11-9-5-13-3-1-8(9)10(15)14-4-2-7(12)6-14;;/h1,3,5,7H,2,4,6,12H2;2*1H/t7-;;/m1../s1. The van der Waals surface area contributed by atoms with Gasteiger partial charge in [0.1, 0.15) is 0 Å². The zero-order valence-electron chi connectivity index (χ0n) is 9.01. The lowest BCUT2D eigenvalue weighted by atomic mass is 10.2. The highest BCUT2D eigenvalue weighted by Crippen LogP contribution is 2.18. The maximum absolute atomic E-state index is 12.0. The molecule has 1 fully saturated rings. The molecule has 1 amide bonds. The lowest BCUT2D eigenvalue weighted by Crippen LogP contribution is -2.32. The molecular formula is C10H14Cl3N3O. The Morgan fingerprint density at radius 3 is 2.76 bits per heavy atom. The van der Waals surface area contributed by atoms with Crippen molar-refractivity contribution in [2.24, 2.45) is 5.73 Å². The van der Waals surface area contributed by atoms with Crippen molar-refractivity contribution in [3.8, 4) is 0 Å². The van der Waals surface area contributed by atoms with Crippen molar-refractivity contribution in [2.45, 2.75) is 12.5 Å². The van der Waals surface area contributed by atoms with Crippen LogP contribution in [0.1, 0.15) is 16.8 Å². The van der Waals surface area contributed by atoms with E-state index in [2.05, 4.69) is 4.98 Å². The van der Waals surface area contributed by atoms with Crippen LogP contribution in [0.4, 0.5) is 0 Å². The van der Waals surface area contributed by atoms with E-state index in [-0.39, 0.29) is 36.8 Å². The molecule has 0 bridgehead atoms. The molecule has 2 rings (SSSR count). The summed E-state index contributed by atoms with van der Waals surface area (Å²) < 4.78 is 0. The minimum Gasteiger partial charge on any atom is -0.337 e. The number of nitrogens with zero attached hydrogens (tertiary/aromatic N) is 2. The number of nitrogens with two attached hydrogens (primary N) is 1. The highest BCUT2D eigenvalue weighted by atomic mass is 35.5. The number of carbonyl (C=O) groups excluding carboxylic acids is 1. The number of aromatic nitrogens is 1. The fourth-order valence-electron chi connectivity index (χ4n) is 1.69. The summed E-state index contributed by atoms with van der Waals surface area (Å²) in [6, 6.07) is 1.73. The van der Waals surface area contributed by atoms with Crippen LogP contribution in [-0.2, 0) is 0 Å². The van der Waals surface area contributed by atoms with E-state index in [0.29, 0.717) is 23.7 Å². The zero-order chi connectivity index (χ0) is 10.8. The maximum Gasteiger partial charge on any atom is 0.255 e. The number of halogens is 3. The summed E-state index contributed by atoms with van der Waals surface area (Å²) >= 11 is 5.89. The molecule has 4 nitrogen and oxygen atoms in total. The topological polar surface area (TPSA) is 59.2 Å². The molecule has 1 aliphatic rings. The summed E-state index contributed by atoms with van der Waals surface area (Å²) in [4.78, 5) is 17.5. The third-order valence-corrected chi connectivity index (χ3v) is 2.82. The molecule has 0 spiro atoms. The van der Waals surface area contributed by atoms with Crippen LogP contribution in [-0.4, -0.2) is 34.9 Å². The van der Waals surface area contributed by atoms with Gasteiger partial charge in [-0.1, -0.05) is 11.6 Å². The van der Waals surface area contributed by atoms with Gasteiger partial charge in [-0.15, -0.1) is 24.8 Å². The smallest absolute Gasteiger partial charge is 0.255 e. The summed E-state index contributed by atoms with van der Waals surface area (Å²) in [6.45, 7) is 1.32. The number of hydrogen-bond acceptors (Lipinski definition) is 3. The van der Waals surface area contributed by atoms with E-state index in [4.69, 9.17) is 17.3 Å². The Bertz CT molecular complexity index is 389. The number of rotatable bonds is 1. The van der Waals surface area contributed by atoms with Crippen LogP contribution in [0.5, 0.6) is 0 Å². The fourth-order valence-corrected chi connectivity index (χ4v) is 1.89. The van der Waals surface area contributed by atoms with Gasteiger partial charge in [0.25, 0.3) is 5.91 Å². The fraction of sp³-hybridized carbons (Fsp3) is 0.400. The number of hydrogen-bond donors (Lipinski definition) is 1.